The van der Waals surface area contributed by atoms with E-state index in [0.29, 0.717) is 17.9 Å². The lowest BCUT2D eigenvalue weighted by atomic mass is 9.79. The van der Waals surface area contributed by atoms with Gasteiger partial charge < -0.3 is 15.6 Å². The van der Waals surface area contributed by atoms with Gasteiger partial charge in [-0.05, 0) is 91.2 Å². The Bertz CT molecular complexity index is 792. The van der Waals surface area contributed by atoms with Gasteiger partial charge in [-0.2, -0.15) is 0 Å². The van der Waals surface area contributed by atoms with Crippen LogP contribution in [-0.2, 0) is 19.3 Å². The van der Waals surface area contributed by atoms with Gasteiger partial charge in [0.15, 0.2) is 0 Å². The lowest BCUT2D eigenvalue weighted by molar-refractivity contribution is 0.399. The molecule has 0 spiro atoms. The van der Waals surface area contributed by atoms with Crippen LogP contribution in [0.15, 0.2) is 41.3 Å². The van der Waals surface area contributed by atoms with Gasteiger partial charge in [-0.1, -0.05) is 24.3 Å². The number of thiol groups is 1. The highest BCUT2D eigenvalue weighted by Gasteiger charge is 2.25. The molecule has 0 aromatic heterocycles. The third kappa shape index (κ3) is 4.91. The number of methoxy groups -OCH3 is 1. The average Bonchev–Trinajstić information content (AvgIpc) is 3.17. The van der Waals surface area contributed by atoms with Gasteiger partial charge in [0.1, 0.15) is 5.75 Å². The first-order valence-electron chi connectivity index (χ1n) is 10.3. The summed E-state index contributed by atoms with van der Waals surface area (Å²) in [6.45, 7) is 0. The summed E-state index contributed by atoms with van der Waals surface area (Å²) in [5.74, 6) is 2.27. The zero-order valence-corrected chi connectivity index (χ0v) is 17.9. The van der Waals surface area contributed by atoms with Gasteiger partial charge >= 0.3 is 0 Å². The number of aliphatic hydroxyl groups is 1. The summed E-state index contributed by atoms with van der Waals surface area (Å²) in [7, 11) is 2.71. The summed E-state index contributed by atoms with van der Waals surface area (Å²) in [6.07, 6.45) is 8.36. The standard InChI is InChI=1S/C23H29NOS.CH4O/c1-25-22-12-16(3-9-23(22)26)10-15-2-4-18-13-19(6-5-17(18)11-15)20-7-8-21(24)14-20;1-2/h3,5-6,9,12-13,15,20-21,26H,2,4,7-8,10-11,14,24H2,1H3;2H,1H3. The summed E-state index contributed by atoms with van der Waals surface area (Å²) in [4.78, 5) is 0.907. The molecule has 0 radical (unpaired) electrons. The second-order valence-electron chi connectivity index (χ2n) is 8.12. The van der Waals surface area contributed by atoms with Crippen molar-refractivity contribution < 1.29 is 9.84 Å². The van der Waals surface area contributed by atoms with Gasteiger partial charge in [-0.15, -0.1) is 12.6 Å². The van der Waals surface area contributed by atoms with E-state index in [4.69, 9.17) is 15.6 Å². The summed E-state index contributed by atoms with van der Waals surface area (Å²) in [6, 6.07) is 14.0. The predicted octanol–water partition coefficient (Wildman–Crippen LogP) is 4.53. The first kappa shape index (κ1) is 21.2. The quantitative estimate of drug-likeness (QED) is 0.662. The molecule has 1 saturated carbocycles. The zero-order valence-electron chi connectivity index (χ0n) is 17.0. The fourth-order valence-electron chi connectivity index (χ4n) is 4.78. The minimum Gasteiger partial charge on any atom is -0.496 e. The van der Waals surface area contributed by atoms with E-state index in [1.165, 1.54) is 43.2 Å². The summed E-state index contributed by atoms with van der Waals surface area (Å²) < 4.78 is 5.42. The second-order valence-corrected chi connectivity index (χ2v) is 8.60. The minimum absolute atomic E-state index is 0.404. The van der Waals surface area contributed by atoms with Crippen molar-refractivity contribution in [3.63, 3.8) is 0 Å². The first-order chi connectivity index (χ1) is 13.6. The highest BCUT2D eigenvalue weighted by atomic mass is 32.1. The molecular formula is C24H33NO2S. The van der Waals surface area contributed by atoms with Crippen LogP contribution in [0.5, 0.6) is 5.75 Å². The molecule has 0 bridgehead atoms. The van der Waals surface area contributed by atoms with Crippen LogP contribution in [0, 0.1) is 5.92 Å². The summed E-state index contributed by atoms with van der Waals surface area (Å²) >= 11 is 4.45. The maximum Gasteiger partial charge on any atom is 0.132 e. The van der Waals surface area contributed by atoms with E-state index in [9.17, 15) is 0 Å². The van der Waals surface area contributed by atoms with Crippen LogP contribution in [0.2, 0.25) is 0 Å². The molecule has 2 aliphatic carbocycles. The molecule has 2 aromatic rings. The molecule has 3 atom stereocenters. The second kappa shape index (κ2) is 9.82. The van der Waals surface area contributed by atoms with Gasteiger partial charge in [0.25, 0.3) is 0 Å². The number of fused-ring (bicyclic) bond motifs is 1. The molecule has 0 amide bonds. The number of nitrogens with two attached hydrogens (primary N) is 1. The highest BCUT2D eigenvalue weighted by molar-refractivity contribution is 7.80. The zero-order chi connectivity index (χ0) is 20.1. The van der Waals surface area contributed by atoms with Gasteiger partial charge in [0, 0.05) is 18.0 Å². The maximum atomic E-state index is 7.00. The number of rotatable bonds is 4. The number of hydrogen-bond acceptors (Lipinski definition) is 4. The molecule has 0 aliphatic heterocycles. The monoisotopic (exact) mass is 399 g/mol. The Kier molecular flexibility index (Phi) is 7.44. The van der Waals surface area contributed by atoms with Crippen molar-refractivity contribution in [2.24, 2.45) is 11.7 Å². The third-order valence-electron chi connectivity index (χ3n) is 6.27. The maximum absolute atomic E-state index is 7.00. The van der Waals surface area contributed by atoms with Crippen LogP contribution in [0.25, 0.3) is 0 Å². The topological polar surface area (TPSA) is 55.5 Å². The molecule has 0 heterocycles. The Morgan fingerprint density at radius 2 is 1.89 bits per heavy atom. The van der Waals surface area contributed by atoms with E-state index >= 15 is 0 Å². The average molecular weight is 400 g/mol. The Morgan fingerprint density at radius 3 is 2.61 bits per heavy atom. The molecule has 0 saturated heterocycles. The Labute approximate surface area is 174 Å². The number of aryl methyl sites for hydroxylation is 1. The molecule has 3 nitrogen and oxygen atoms in total. The largest absolute Gasteiger partial charge is 0.496 e. The molecule has 28 heavy (non-hydrogen) atoms. The van der Waals surface area contributed by atoms with Crippen LogP contribution >= 0.6 is 12.6 Å². The van der Waals surface area contributed by atoms with E-state index in [-0.39, 0.29) is 0 Å². The highest BCUT2D eigenvalue weighted by Crippen LogP contribution is 2.37. The first-order valence-corrected chi connectivity index (χ1v) is 10.7. The van der Waals surface area contributed by atoms with Gasteiger partial charge in [-0.3, -0.25) is 0 Å². The van der Waals surface area contributed by atoms with Crippen LogP contribution in [0.1, 0.15) is 53.9 Å². The molecule has 4 heteroatoms. The van der Waals surface area contributed by atoms with E-state index in [1.54, 1.807) is 18.2 Å². The number of benzene rings is 2. The summed E-state index contributed by atoms with van der Waals surface area (Å²) in [5.41, 5.74) is 12.1. The van der Waals surface area contributed by atoms with E-state index < -0.39 is 0 Å². The number of hydrogen-bond donors (Lipinski definition) is 3. The van der Waals surface area contributed by atoms with Crippen LogP contribution in [0.4, 0.5) is 0 Å². The smallest absolute Gasteiger partial charge is 0.132 e. The number of aliphatic hydroxyl groups excluding tert-OH is 1. The van der Waals surface area contributed by atoms with Crippen LogP contribution in [0.3, 0.4) is 0 Å². The lowest BCUT2D eigenvalue weighted by Gasteiger charge is -2.26. The van der Waals surface area contributed by atoms with Crippen molar-refractivity contribution in [2.75, 3.05) is 14.2 Å². The van der Waals surface area contributed by atoms with Gasteiger partial charge in [-0.25, -0.2) is 0 Å². The number of ether oxygens (including phenoxy) is 1. The lowest BCUT2D eigenvalue weighted by Crippen LogP contribution is -2.17. The molecule has 2 aromatic carbocycles. The van der Waals surface area contributed by atoms with Crippen molar-refractivity contribution in [2.45, 2.75) is 61.8 Å². The molecule has 1 fully saturated rings. The molecule has 4 rings (SSSR count). The summed E-state index contributed by atoms with van der Waals surface area (Å²) in [5, 5.41) is 7.00. The van der Waals surface area contributed by atoms with Crippen molar-refractivity contribution >= 4 is 12.6 Å². The van der Waals surface area contributed by atoms with E-state index in [0.717, 1.165) is 30.6 Å². The van der Waals surface area contributed by atoms with Crippen molar-refractivity contribution in [1.29, 1.82) is 0 Å². The molecule has 3 N–H and O–H groups in total. The molecule has 3 unspecified atom stereocenters. The fourth-order valence-corrected chi connectivity index (χ4v) is 5.01. The third-order valence-corrected chi connectivity index (χ3v) is 6.64. The van der Waals surface area contributed by atoms with E-state index in [1.807, 2.05) is 6.07 Å². The predicted molar refractivity (Wildman–Crippen MR) is 119 cm³/mol. The van der Waals surface area contributed by atoms with Crippen LogP contribution < -0.4 is 10.5 Å². The fraction of sp³-hybridized carbons (Fsp3) is 0.500. The molecular weight excluding hydrogens is 366 g/mol. The normalized spacial score (nSPS) is 23.5. The van der Waals surface area contributed by atoms with Crippen molar-refractivity contribution in [1.82, 2.24) is 0 Å². The molecule has 2 aliphatic rings. The van der Waals surface area contributed by atoms with Gasteiger partial charge in [0.05, 0.1) is 7.11 Å². The van der Waals surface area contributed by atoms with Crippen molar-refractivity contribution in [3.8, 4) is 5.75 Å². The van der Waals surface area contributed by atoms with Crippen molar-refractivity contribution in [3.05, 3.63) is 58.7 Å². The SMILES string of the molecule is CO.COc1cc(CC2CCc3cc(C4CCC(N)C4)ccc3C2)ccc1S. The van der Waals surface area contributed by atoms with Gasteiger partial charge in [0.2, 0.25) is 0 Å². The minimum atomic E-state index is 0.404. The molecule has 152 valence electrons. The van der Waals surface area contributed by atoms with E-state index in [2.05, 4.69) is 43.0 Å². The van der Waals surface area contributed by atoms with Crippen LogP contribution in [-0.4, -0.2) is 25.4 Å². The Balaban J connectivity index is 0.00000109. The Morgan fingerprint density at radius 1 is 1.07 bits per heavy atom. The Hall–Kier alpha value is -1.49.